The molecule has 2 aromatic heterocycles. The first-order valence-corrected chi connectivity index (χ1v) is 10.3. The van der Waals surface area contributed by atoms with E-state index in [0.717, 1.165) is 5.69 Å². The lowest BCUT2D eigenvalue weighted by molar-refractivity contribution is -0.117. The maximum absolute atomic E-state index is 12.8. The van der Waals surface area contributed by atoms with E-state index in [0.29, 0.717) is 52.3 Å². The molecule has 1 aliphatic heterocycles. The maximum atomic E-state index is 12.8. The molecule has 0 radical (unpaired) electrons. The Morgan fingerprint density at radius 3 is 2.70 bits per heavy atom. The SMILES string of the molecule is CCc1cc(=O)[nH]c(-c2ccc(NC3CCN(c4ccc(Cl)c(Cl)c4)C3=O)nc2)n1. The molecule has 154 valence electrons. The van der Waals surface area contributed by atoms with E-state index in [9.17, 15) is 9.59 Å². The van der Waals surface area contributed by atoms with Crippen LogP contribution in [0.2, 0.25) is 10.0 Å². The first-order chi connectivity index (χ1) is 14.4. The molecule has 0 saturated carbocycles. The van der Waals surface area contributed by atoms with Gasteiger partial charge in [0, 0.05) is 35.8 Å². The Morgan fingerprint density at radius 2 is 2.00 bits per heavy atom. The fraction of sp³-hybridized carbons (Fsp3) is 0.238. The van der Waals surface area contributed by atoms with Gasteiger partial charge in [-0.25, -0.2) is 9.97 Å². The van der Waals surface area contributed by atoms with Gasteiger partial charge in [-0.15, -0.1) is 0 Å². The summed E-state index contributed by atoms with van der Waals surface area (Å²) in [6, 6.07) is 9.82. The van der Waals surface area contributed by atoms with E-state index < -0.39 is 0 Å². The third-order valence-corrected chi connectivity index (χ3v) is 5.68. The highest BCUT2D eigenvalue weighted by Gasteiger charge is 2.33. The van der Waals surface area contributed by atoms with Crippen LogP contribution in [0.25, 0.3) is 11.4 Å². The number of hydrogen-bond acceptors (Lipinski definition) is 5. The molecular weight excluding hydrogens is 425 g/mol. The first kappa shape index (κ1) is 20.4. The summed E-state index contributed by atoms with van der Waals surface area (Å²) in [5.74, 6) is 0.990. The number of nitrogens with zero attached hydrogens (tertiary/aromatic N) is 3. The van der Waals surface area contributed by atoms with Crippen molar-refractivity contribution in [1.29, 1.82) is 0 Å². The van der Waals surface area contributed by atoms with E-state index in [4.69, 9.17) is 23.2 Å². The number of aromatic amines is 1. The van der Waals surface area contributed by atoms with Gasteiger partial charge in [-0.05, 0) is 43.2 Å². The summed E-state index contributed by atoms with van der Waals surface area (Å²) in [6.45, 7) is 2.51. The molecule has 1 unspecified atom stereocenters. The molecule has 0 aliphatic carbocycles. The van der Waals surface area contributed by atoms with Crippen molar-refractivity contribution in [3.05, 3.63) is 68.7 Å². The van der Waals surface area contributed by atoms with Crippen molar-refractivity contribution in [3.63, 3.8) is 0 Å². The van der Waals surface area contributed by atoms with Crippen molar-refractivity contribution >= 4 is 40.6 Å². The number of H-pyrrole nitrogens is 1. The molecule has 1 saturated heterocycles. The van der Waals surface area contributed by atoms with E-state index in [1.807, 2.05) is 13.0 Å². The van der Waals surface area contributed by atoms with Crippen LogP contribution in [-0.4, -0.2) is 33.4 Å². The summed E-state index contributed by atoms with van der Waals surface area (Å²) in [5.41, 5.74) is 1.93. The number of carbonyl (C=O) groups is 1. The summed E-state index contributed by atoms with van der Waals surface area (Å²) in [7, 11) is 0. The molecule has 3 aromatic rings. The topological polar surface area (TPSA) is 91.0 Å². The minimum Gasteiger partial charge on any atom is -0.358 e. The Bertz CT molecular complexity index is 1150. The highest BCUT2D eigenvalue weighted by atomic mass is 35.5. The molecule has 1 amide bonds. The first-order valence-electron chi connectivity index (χ1n) is 9.54. The fourth-order valence-electron chi connectivity index (χ4n) is 3.35. The number of rotatable bonds is 5. The van der Waals surface area contributed by atoms with Crippen LogP contribution >= 0.6 is 23.2 Å². The molecule has 2 N–H and O–H groups in total. The summed E-state index contributed by atoms with van der Waals surface area (Å²) in [6.07, 6.45) is 2.93. The minimum absolute atomic E-state index is 0.0547. The van der Waals surface area contributed by atoms with Gasteiger partial charge in [0.1, 0.15) is 17.7 Å². The summed E-state index contributed by atoms with van der Waals surface area (Å²) < 4.78 is 0. The van der Waals surface area contributed by atoms with E-state index in [2.05, 4.69) is 20.3 Å². The summed E-state index contributed by atoms with van der Waals surface area (Å²) >= 11 is 12.0. The molecule has 1 atom stereocenters. The Labute approximate surface area is 183 Å². The predicted octanol–water partition coefficient (Wildman–Crippen LogP) is 3.92. The molecule has 1 aromatic carbocycles. The molecule has 1 aliphatic rings. The zero-order valence-electron chi connectivity index (χ0n) is 16.2. The zero-order chi connectivity index (χ0) is 21.3. The number of anilines is 2. The number of hydrogen-bond donors (Lipinski definition) is 2. The van der Waals surface area contributed by atoms with Gasteiger partial charge in [-0.1, -0.05) is 30.1 Å². The number of amides is 1. The summed E-state index contributed by atoms with van der Waals surface area (Å²) in [5, 5.41) is 4.04. The van der Waals surface area contributed by atoms with Gasteiger partial charge in [0.25, 0.3) is 5.56 Å². The molecule has 30 heavy (non-hydrogen) atoms. The van der Waals surface area contributed by atoms with Gasteiger partial charge in [0.15, 0.2) is 0 Å². The normalized spacial score (nSPS) is 16.2. The van der Waals surface area contributed by atoms with Crippen LogP contribution in [0.5, 0.6) is 0 Å². The number of halogens is 2. The number of pyridine rings is 1. The fourth-order valence-corrected chi connectivity index (χ4v) is 3.64. The average molecular weight is 444 g/mol. The Balaban J connectivity index is 1.47. The van der Waals surface area contributed by atoms with Gasteiger partial charge < -0.3 is 15.2 Å². The molecule has 4 rings (SSSR count). The van der Waals surface area contributed by atoms with E-state index in [1.165, 1.54) is 6.07 Å². The highest BCUT2D eigenvalue weighted by molar-refractivity contribution is 6.42. The van der Waals surface area contributed by atoms with Gasteiger partial charge in [0.2, 0.25) is 5.91 Å². The van der Waals surface area contributed by atoms with Gasteiger partial charge in [-0.3, -0.25) is 9.59 Å². The van der Waals surface area contributed by atoms with Crippen LogP contribution in [0.15, 0.2) is 47.4 Å². The minimum atomic E-state index is -0.390. The number of aromatic nitrogens is 3. The van der Waals surface area contributed by atoms with Crippen LogP contribution in [0.1, 0.15) is 19.0 Å². The second kappa shape index (κ2) is 8.45. The average Bonchev–Trinajstić information content (AvgIpc) is 3.10. The number of carbonyl (C=O) groups excluding carboxylic acids is 1. The van der Waals surface area contributed by atoms with E-state index in [-0.39, 0.29) is 17.5 Å². The lowest BCUT2D eigenvalue weighted by atomic mass is 10.2. The third-order valence-electron chi connectivity index (χ3n) is 4.94. The van der Waals surface area contributed by atoms with Crippen LogP contribution in [0.3, 0.4) is 0 Å². The number of benzene rings is 1. The summed E-state index contributed by atoms with van der Waals surface area (Å²) in [4.78, 5) is 37.8. The molecular formula is C21H19Cl2N5O2. The molecule has 9 heteroatoms. The lowest BCUT2D eigenvalue weighted by Gasteiger charge is -2.18. The van der Waals surface area contributed by atoms with Crippen molar-refractivity contribution in [3.8, 4) is 11.4 Å². The van der Waals surface area contributed by atoms with Crippen molar-refractivity contribution in [2.24, 2.45) is 0 Å². The van der Waals surface area contributed by atoms with Crippen LogP contribution < -0.4 is 15.8 Å². The van der Waals surface area contributed by atoms with Crippen LogP contribution in [0.4, 0.5) is 11.5 Å². The smallest absolute Gasteiger partial charge is 0.251 e. The van der Waals surface area contributed by atoms with E-state index in [1.54, 1.807) is 35.4 Å². The maximum Gasteiger partial charge on any atom is 0.251 e. The van der Waals surface area contributed by atoms with Gasteiger partial charge >= 0.3 is 0 Å². The Morgan fingerprint density at radius 1 is 1.17 bits per heavy atom. The molecule has 0 spiro atoms. The number of aryl methyl sites for hydroxylation is 1. The van der Waals surface area contributed by atoms with Crippen molar-refractivity contribution < 1.29 is 4.79 Å². The van der Waals surface area contributed by atoms with Crippen LogP contribution in [0, 0.1) is 0 Å². The second-order valence-corrected chi connectivity index (χ2v) is 7.76. The molecule has 1 fully saturated rings. The highest BCUT2D eigenvalue weighted by Crippen LogP contribution is 2.30. The molecule has 3 heterocycles. The standard InChI is InChI=1S/C21H19Cl2N5O2/c1-2-13-9-19(29)27-20(25-13)12-3-6-18(24-11-12)26-17-7-8-28(21(17)30)14-4-5-15(22)16(23)10-14/h3-6,9-11,17H,2,7-8H2,1H3,(H,24,26)(H,25,27,29). The van der Waals surface area contributed by atoms with Crippen molar-refractivity contribution in [1.82, 2.24) is 15.0 Å². The Hall–Kier alpha value is -2.90. The molecule has 0 bridgehead atoms. The van der Waals surface area contributed by atoms with Crippen molar-refractivity contribution in [2.45, 2.75) is 25.8 Å². The largest absolute Gasteiger partial charge is 0.358 e. The van der Waals surface area contributed by atoms with Crippen LogP contribution in [-0.2, 0) is 11.2 Å². The quantitative estimate of drug-likeness (QED) is 0.623. The van der Waals surface area contributed by atoms with Gasteiger partial charge in [0.05, 0.1) is 10.0 Å². The second-order valence-electron chi connectivity index (χ2n) is 6.94. The Kier molecular flexibility index (Phi) is 5.74. The third kappa shape index (κ3) is 4.17. The zero-order valence-corrected chi connectivity index (χ0v) is 17.7. The monoisotopic (exact) mass is 443 g/mol. The number of nitrogens with one attached hydrogen (secondary N) is 2. The predicted molar refractivity (Wildman–Crippen MR) is 118 cm³/mol. The lowest BCUT2D eigenvalue weighted by Crippen LogP contribution is -2.33. The van der Waals surface area contributed by atoms with Crippen molar-refractivity contribution in [2.75, 3.05) is 16.8 Å². The van der Waals surface area contributed by atoms with Gasteiger partial charge in [-0.2, -0.15) is 0 Å². The van der Waals surface area contributed by atoms with E-state index >= 15 is 0 Å². The molecule has 7 nitrogen and oxygen atoms in total.